The Kier molecular flexibility index (Phi) is 6.16. The molecule has 4 rings (SSSR count). The number of aromatic nitrogens is 1. The van der Waals surface area contributed by atoms with Gasteiger partial charge in [0.15, 0.2) is 6.61 Å². The molecule has 31 heavy (non-hydrogen) atoms. The molecule has 6 heteroatoms. The smallest absolute Gasteiger partial charge is 0.341 e. The molecule has 0 radical (unpaired) electrons. The van der Waals surface area contributed by atoms with Crippen molar-refractivity contribution in [3.05, 3.63) is 84.1 Å². The van der Waals surface area contributed by atoms with E-state index in [0.29, 0.717) is 24.5 Å². The summed E-state index contributed by atoms with van der Waals surface area (Å²) in [5.41, 5.74) is 3.38. The van der Waals surface area contributed by atoms with Gasteiger partial charge in [0.25, 0.3) is 0 Å². The minimum absolute atomic E-state index is 0.0316. The van der Waals surface area contributed by atoms with Crippen LogP contribution in [0, 0.1) is 11.3 Å². The average molecular weight is 413 g/mol. The summed E-state index contributed by atoms with van der Waals surface area (Å²) in [5.74, 6) is 0.217. The molecule has 156 valence electrons. The highest BCUT2D eigenvalue weighted by atomic mass is 16.5. The topological polar surface area (TPSA) is 67.0 Å². The van der Waals surface area contributed by atoms with Crippen molar-refractivity contribution in [2.75, 3.05) is 26.8 Å². The van der Waals surface area contributed by atoms with Crippen molar-refractivity contribution in [1.29, 1.82) is 5.26 Å². The van der Waals surface area contributed by atoms with Gasteiger partial charge in [-0.05, 0) is 30.8 Å². The number of likely N-dealkylation sites (N-methyl/N-ethyl adjacent to an activating group) is 1. The summed E-state index contributed by atoms with van der Waals surface area (Å²) >= 11 is 0. The van der Waals surface area contributed by atoms with Crippen LogP contribution in [0.1, 0.15) is 15.9 Å². The summed E-state index contributed by atoms with van der Waals surface area (Å²) in [6, 6.07) is 23.4. The molecular formula is C25H23N3O3. The van der Waals surface area contributed by atoms with E-state index in [-0.39, 0.29) is 12.6 Å². The van der Waals surface area contributed by atoms with Crippen molar-refractivity contribution >= 4 is 22.4 Å². The first-order valence-electron chi connectivity index (χ1n) is 10.1. The molecule has 6 nitrogen and oxygen atoms in total. The molecular weight excluding hydrogens is 390 g/mol. The Balaban J connectivity index is 1.51. The largest absolute Gasteiger partial charge is 0.477 e. The second-order valence-electron chi connectivity index (χ2n) is 7.32. The quantitative estimate of drug-likeness (QED) is 0.403. The minimum atomic E-state index is -0.350. The summed E-state index contributed by atoms with van der Waals surface area (Å²) in [7, 11) is 2.01. The standard InChI is InChI=1S/C25H23N3O3/c1-27(17-19-7-3-2-4-8-19)14-16-31-25(29)24-21-9-5-6-10-22(21)28-18-20(30-15-13-26)11-12-23(24)28/h2-12,18H,14-17H2,1H3. The van der Waals surface area contributed by atoms with Crippen LogP contribution in [-0.2, 0) is 11.3 Å². The van der Waals surface area contributed by atoms with E-state index in [1.54, 1.807) is 12.3 Å². The SMILES string of the molecule is CN(CCOC(=O)c1c2ccccc2n2cc(OCC#N)ccc12)Cc1ccccc1. The van der Waals surface area contributed by atoms with Gasteiger partial charge in [0.05, 0.1) is 22.8 Å². The Morgan fingerprint density at radius 3 is 2.61 bits per heavy atom. The molecule has 0 amide bonds. The maximum absolute atomic E-state index is 13.0. The molecule has 0 spiro atoms. The van der Waals surface area contributed by atoms with E-state index in [9.17, 15) is 4.79 Å². The predicted molar refractivity (Wildman–Crippen MR) is 119 cm³/mol. The number of ether oxygens (including phenoxy) is 2. The number of nitrogens with zero attached hydrogens (tertiary/aromatic N) is 3. The van der Waals surface area contributed by atoms with E-state index >= 15 is 0 Å². The summed E-state index contributed by atoms with van der Waals surface area (Å²) in [6.07, 6.45) is 1.79. The van der Waals surface area contributed by atoms with Gasteiger partial charge in [0.1, 0.15) is 18.4 Å². The Bertz CT molecular complexity index is 1240. The highest BCUT2D eigenvalue weighted by Crippen LogP contribution is 2.29. The van der Waals surface area contributed by atoms with Gasteiger partial charge < -0.3 is 13.9 Å². The molecule has 0 aliphatic carbocycles. The third-order valence-corrected chi connectivity index (χ3v) is 5.12. The fraction of sp³-hybridized carbons (Fsp3) is 0.200. The van der Waals surface area contributed by atoms with Crippen LogP contribution in [0.3, 0.4) is 0 Å². The van der Waals surface area contributed by atoms with E-state index in [0.717, 1.165) is 23.0 Å². The molecule has 0 bridgehead atoms. The van der Waals surface area contributed by atoms with Crippen molar-refractivity contribution in [3.8, 4) is 11.8 Å². The number of esters is 1. The summed E-state index contributed by atoms with van der Waals surface area (Å²) in [6.45, 7) is 1.70. The number of rotatable bonds is 8. The summed E-state index contributed by atoms with van der Waals surface area (Å²) < 4.78 is 13.0. The number of hydrogen-bond donors (Lipinski definition) is 0. The molecule has 2 heterocycles. The van der Waals surface area contributed by atoms with Crippen molar-refractivity contribution in [3.63, 3.8) is 0 Å². The first-order valence-corrected chi connectivity index (χ1v) is 10.1. The number of para-hydroxylation sites is 1. The molecule has 2 aromatic heterocycles. The number of benzene rings is 2. The third kappa shape index (κ3) is 4.52. The Morgan fingerprint density at radius 1 is 1.03 bits per heavy atom. The van der Waals surface area contributed by atoms with Gasteiger partial charge in [0.2, 0.25) is 0 Å². The van der Waals surface area contributed by atoms with Crippen LogP contribution < -0.4 is 4.74 Å². The van der Waals surface area contributed by atoms with Gasteiger partial charge in [0, 0.05) is 18.5 Å². The zero-order chi connectivity index (χ0) is 21.6. The second-order valence-corrected chi connectivity index (χ2v) is 7.32. The summed E-state index contributed by atoms with van der Waals surface area (Å²) in [5, 5.41) is 9.57. The summed E-state index contributed by atoms with van der Waals surface area (Å²) in [4.78, 5) is 15.1. The van der Waals surface area contributed by atoms with Gasteiger partial charge in [-0.3, -0.25) is 4.90 Å². The highest BCUT2D eigenvalue weighted by Gasteiger charge is 2.20. The predicted octanol–water partition coefficient (Wildman–Crippen LogP) is 4.28. The molecule has 0 aliphatic rings. The van der Waals surface area contributed by atoms with Gasteiger partial charge in [-0.15, -0.1) is 0 Å². The Morgan fingerprint density at radius 2 is 1.81 bits per heavy atom. The van der Waals surface area contributed by atoms with Crippen molar-refractivity contribution < 1.29 is 14.3 Å². The molecule has 0 saturated heterocycles. The van der Waals surface area contributed by atoms with Crippen LogP contribution in [0.15, 0.2) is 72.9 Å². The van der Waals surface area contributed by atoms with E-state index in [1.165, 1.54) is 5.56 Å². The second kappa shape index (κ2) is 9.33. The van der Waals surface area contributed by atoms with Crippen LogP contribution in [-0.4, -0.2) is 42.1 Å². The molecule has 4 aromatic rings. The Hall–Kier alpha value is -3.82. The number of carbonyl (C=O) groups is 1. The normalized spacial score (nSPS) is 11.0. The Labute approximate surface area is 180 Å². The number of nitriles is 1. The maximum Gasteiger partial charge on any atom is 0.341 e. The number of fused-ring (bicyclic) bond motifs is 3. The van der Waals surface area contributed by atoms with Crippen LogP contribution in [0.2, 0.25) is 0 Å². The molecule has 0 N–H and O–H groups in total. The lowest BCUT2D eigenvalue weighted by Crippen LogP contribution is -2.24. The van der Waals surface area contributed by atoms with Crippen LogP contribution in [0.5, 0.6) is 5.75 Å². The average Bonchev–Trinajstić information content (AvgIpc) is 3.12. The molecule has 0 saturated carbocycles. The highest BCUT2D eigenvalue weighted by molar-refractivity contribution is 6.11. The van der Waals surface area contributed by atoms with Gasteiger partial charge in [-0.1, -0.05) is 48.5 Å². The van der Waals surface area contributed by atoms with E-state index in [4.69, 9.17) is 14.7 Å². The fourth-order valence-corrected chi connectivity index (χ4v) is 3.67. The van der Waals surface area contributed by atoms with Crippen molar-refractivity contribution in [2.45, 2.75) is 6.54 Å². The lowest BCUT2D eigenvalue weighted by Gasteiger charge is -2.16. The molecule has 0 aliphatic heterocycles. The van der Waals surface area contributed by atoms with Crippen molar-refractivity contribution in [2.24, 2.45) is 0 Å². The first-order chi connectivity index (χ1) is 15.2. The van der Waals surface area contributed by atoms with E-state index in [2.05, 4.69) is 17.0 Å². The number of carbonyl (C=O) groups excluding carboxylic acids is 1. The van der Waals surface area contributed by atoms with Gasteiger partial charge in [-0.2, -0.15) is 5.26 Å². The number of pyridine rings is 1. The van der Waals surface area contributed by atoms with Crippen LogP contribution >= 0.6 is 0 Å². The lowest BCUT2D eigenvalue weighted by atomic mass is 10.1. The van der Waals surface area contributed by atoms with Crippen LogP contribution in [0.25, 0.3) is 16.4 Å². The van der Waals surface area contributed by atoms with Crippen LogP contribution in [0.4, 0.5) is 0 Å². The monoisotopic (exact) mass is 413 g/mol. The van der Waals surface area contributed by atoms with Crippen molar-refractivity contribution in [1.82, 2.24) is 9.30 Å². The fourth-order valence-electron chi connectivity index (χ4n) is 3.67. The number of hydrogen-bond acceptors (Lipinski definition) is 5. The molecule has 0 unspecified atom stereocenters. The minimum Gasteiger partial charge on any atom is -0.477 e. The zero-order valence-electron chi connectivity index (χ0n) is 17.3. The third-order valence-electron chi connectivity index (χ3n) is 5.12. The van der Waals surface area contributed by atoms with Gasteiger partial charge in [-0.25, -0.2) is 4.79 Å². The molecule has 0 atom stereocenters. The molecule has 0 fully saturated rings. The zero-order valence-corrected chi connectivity index (χ0v) is 17.3. The van der Waals surface area contributed by atoms with E-state index in [1.807, 2.05) is 66.0 Å². The first kappa shape index (κ1) is 20.5. The van der Waals surface area contributed by atoms with E-state index < -0.39 is 0 Å². The van der Waals surface area contributed by atoms with Gasteiger partial charge >= 0.3 is 5.97 Å². The molecule has 2 aromatic carbocycles. The maximum atomic E-state index is 13.0. The lowest BCUT2D eigenvalue weighted by molar-refractivity contribution is 0.0475.